The summed E-state index contributed by atoms with van der Waals surface area (Å²) in [4.78, 5) is 12.1. The highest BCUT2D eigenvalue weighted by molar-refractivity contribution is 7.98. The number of carbonyl (C=O) groups excluding carboxylic acids is 1. The maximum absolute atomic E-state index is 13.5. The van der Waals surface area contributed by atoms with Gasteiger partial charge in [-0.25, -0.2) is 17.1 Å². The van der Waals surface area contributed by atoms with Gasteiger partial charge >= 0.3 is 0 Å². The molecule has 0 spiro atoms. The van der Waals surface area contributed by atoms with E-state index in [0.29, 0.717) is 30.0 Å². The average molecular weight is 425 g/mol. The second-order valence-electron chi connectivity index (χ2n) is 6.24. The molecule has 0 bridgehead atoms. The molecule has 0 radical (unpaired) electrons. The molecular weight excluding hydrogens is 399 g/mol. The molecule has 1 amide bonds. The van der Waals surface area contributed by atoms with Crippen molar-refractivity contribution < 1.29 is 17.6 Å². The summed E-state index contributed by atoms with van der Waals surface area (Å²) in [5.41, 5.74) is 0.654. The van der Waals surface area contributed by atoms with E-state index in [1.807, 2.05) is 0 Å². The molecule has 152 valence electrons. The summed E-state index contributed by atoms with van der Waals surface area (Å²) in [6.45, 7) is 0.767. The van der Waals surface area contributed by atoms with Gasteiger partial charge in [-0.15, -0.1) is 0 Å². The first kappa shape index (κ1) is 22.4. The van der Waals surface area contributed by atoms with Crippen LogP contribution in [0.4, 0.5) is 4.39 Å². The van der Waals surface area contributed by atoms with Gasteiger partial charge in [0.25, 0.3) is 0 Å². The molecule has 2 aromatic carbocycles. The third-order valence-corrected chi connectivity index (χ3v) is 6.99. The van der Waals surface area contributed by atoms with Crippen LogP contribution in [0, 0.1) is 5.82 Å². The van der Waals surface area contributed by atoms with Crippen molar-refractivity contribution in [1.29, 1.82) is 0 Å². The molecule has 0 saturated heterocycles. The van der Waals surface area contributed by atoms with Crippen molar-refractivity contribution in [2.75, 3.05) is 25.9 Å². The van der Waals surface area contributed by atoms with E-state index in [4.69, 9.17) is 0 Å². The molecule has 2 aromatic rings. The summed E-state index contributed by atoms with van der Waals surface area (Å²) in [7, 11) is -2.01. The van der Waals surface area contributed by atoms with Crippen molar-refractivity contribution in [3.8, 4) is 0 Å². The highest BCUT2D eigenvalue weighted by Crippen LogP contribution is 2.15. The third kappa shape index (κ3) is 6.92. The molecular formula is C20H25FN2O3S2. The standard InChI is InChI=1S/C20H25FN2O3S2/c1-23(28(25,26)18-9-3-2-4-10-18)14-7-12-20(24)22-13-15-27-16-17-8-5-6-11-19(17)21/h2-6,8-11H,7,12-16H2,1H3,(H,22,24). The molecule has 0 unspecified atom stereocenters. The minimum Gasteiger partial charge on any atom is -0.355 e. The molecule has 0 atom stereocenters. The number of halogens is 1. The van der Waals surface area contributed by atoms with Gasteiger partial charge in [0.05, 0.1) is 4.90 Å². The number of hydrogen-bond acceptors (Lipinski definition) is 4. The number of carbonyl (C=O) groups is 1. The lowest BCUT2D eigenvalue weighted by molar-refractivity contribution is -0.121. The molecule has 0 aromatic heterocycles. The second-order valence-corrected chi connectivity index (χ2v) is 9.39. The number of amides is 1. The largest absolute Gasteiger partial charge is 0.355 e. The van der Waals surface area contributed by atoms with Crippen molar-refractivity contribution in [2.24, 2.45) is 0 Å². The van der Waals surface area contributed by atoms with Gasteiger partial charge in [-0.05, 0) is 30.2 Å². The molecule has 5 nitrogen and oxygen atoms in total. The van der Waals surface area contributed by atoms with Crippen LogP contribution in [0.3, 0.4) is 0 Å². The number of sulfonamides is 1. The highest BCUT2D eigenvalue weighted by atomic mass is 32.2. The van der Waals surface area contributed by atoms with E-state index < -0.39 is 10.0 Å². The number of thioether (sulfide) groups is 1. The lowest BCUT2D eigenvalue weighted by Crippen LogP contribution is -2.30. The SMILES string of the molecule is CN(CCCC(=O)NCCSCc1ccccc1F)S(=O)(=O)c1ccccc1. The predicted molar refractivity (Wildman–Crippen MR) is 111 cm³/mol. The Morgan fingerprint density at radius 1 is 1.11 bits per heavy atom. The number of hydrogen-bond donors (Lipinski definition) is 1. The van der Waals surface area contributed by atoms with E-state index in [1.54, 1.807) is 60.3 Å². The smallest absolute Gasteiger partial charge is 0.242 e. The zero-order valence-corrected chi connectivity index (χ0v) is 17.4. The molecule has 8 heteroatoms. The van der Waals surface area contributed by atoms with Crippen LogP contribution in [-0.2, 0) is 20.6 Å². The quantitative estimate of drug-likeness (QED) is 0.562. The summed E-state index contributed by atoms with van der Waals surface area (Å²) < 4.78 is 39.5. The van der Waals surface area contributed by atoms with Crippen molar-refractivity contribution >= 4 is 27.7 Å². The molecule has 0 aliphatic rings. The number of benzene rings is 2. The molecule has 0 fully saturated rings. The van der Waals surface area contributed by atoms with E-state index in [9.17, 15) is 17.6 Å². The Hall–Kier alpha value is -1.90. The van der Waals surface area contributed by atoms with Gasteiger partial charge < -0.3 is 5.32 Å². The summed E-state index contributed by atoms with van der Waals surface area (Å²) in [6.07, 6.45) is 0.698. The predicted octanol–water partition coefficient (Wildman–Crippen LogP) is 3.28. The topological polar surface area (TPSA) is 66.5 Å². The molecule has 1 N–H and O–H groups in total. The van der Waals surface area contributed by atoms with Gasteiger partial charge in [-0.3, -0.25) is 4.79 Å². The van der Waals surface area contributed by atoms with Crippen LogP contribution < -0.4 is 5.32 Å². The lowest BCUT2D eigenvalue weighted by atomic mass is 10.2. The monoisotopic (exact) mass is 424 g/mol. The summed E-state index contributed by atoms with van der Waals surface area (Å²) in [5.74, 6) is 0.915. The molecule has 0 aliphatic heterocycles. The fourth-order valence-corrected chi connectivity index (χ4v) is 4.58. The molecule has 2 rings (SSSR count). The zero-order chi connectivity index (χ0) is 20.4. The second kappa shape index (κ2) is 11.2. The Morgan fingerprint density at radius 2 is 1.79 bits per heavy atom. The van der Waals surface area contributed by atoms with Crippen LogP contribution in [0.2, 0.25) is 0 Å². The minimum absolute atomic E-state index is 0.114. The summed E-state index contributed by atoms with van der Waals surface area (Å²) >= 11 is 1.55. The Bertz CT molecular complexity index is 861. The Morgan fingerprint density at radius 3 is 2.50 bits per heavy atom. The van der Waals surface area contributed by atoms with Gasteiger partial charge in [0.1, 0.15) is 5.82 Å². The van der Waals surface area contributed by atoms with E-state index in [1.165, 1.54) is 17.4 Å². The highest BCUT2D eigenvalue weighted by Gasteiger charge is 2.19. The molecule has 0 aliphatic carbocycles. The van der Waals surface area contributed by atoms with Crippen molar-refractivity contribution in [1.82, 2.24) is 9.62 Å². The fourth-order valence-electron chi connectivity index (χ4n) is 2.50. The van der Waals surface area contributed by atoms with E-state index in [-0.39, 0.29) is 29.6 Å². The van der Waals surface area contributed by atoms with Crippen molar-refractivity contribution in [3.63, 3.8) is 0 Å². The van der Waals surface area contributed by atoms with Crippen LogP contribution in [0.5, 0.6) is 0 Å². The lowest BCUT2D eigenvalue weighted by Gasteiger charge is -2.17. The number of nitrogens with zero attached hydrogens (tertiary/aromatic N) is 1. The third-order valence-electron chi connectivity index (χ3n) is 4.11. The van der Waals surface area contributed by atoms with Gasteiger partial charge in [0.2, 0.25) is 15.9 Å². The van der Waals surface area contributed by atoms with Crippen LogP contribution in [0.25, 0.3) is 0 Å². The van der Waals surface area contributed by atoms with Crippen molar-refractivity contribution in [3.05, 3.63) is 66.0 Å². The van der Waals surface area contributed by atoms with E-state index in [2.05, 4.69) is 5.32 Å². The first-order chi connectivity index (χ1) is 13.4. The van der Waals surface area contributed by atoms with Crippen LogP contribution >= 0.6 is 11.8 Å². The van der Waals surface area contributed by atoms with Gasteiger partial charge in [0, 0.05) is 38.1 Å². The number of nitrogens with one attached hydrogen (secondary N) is 1. The van der Waals surface area contributed by atoms with Crippen LogP contribution in [-0.4, -0.2) is 44.5 Å². The first-order valence-electron chi connectivity index (χ1n) is 9.00. The Kier molecular flexibility index (Phi) is 8.95. The normalized spacial score (nSPS) is 11.5. The Balaban J connectivity index is 1.61. The molecule has 0 saturated carbocycles. The van der Waals surface area contributed by atoms with Crippen molar-refractivity contribution in [2.45, 2.75) is 23.5 Å². The molecule has 28 heavy (non-hydrogen) atoms. The maximum atomic E-state index is 13.5. The van der Waals surface area contributed by atoms with Crippen LogP contribution in [0.15, 0.2) is 59.5 Å². The van der Waals surface area contributed by atoms with Crippen LogP contribution in [0.1, 0.15) is 18.4 Å². The molecule has 0 heterocycles. The maximum Gasteiger partial charge on any atom is 0.242 e. The average Bonchev–Trinajstić information content (AvgIpc) is 2.69. The summed E-state index contributed by atoms with van der Waals surface area (Å²) in [6, 6.07) is 14.9. The van der Waals surface area contributed by atoms with E-state index in [0.717, 1.165) is 0 Å². The van der Waals surface area contributed by atoms with Gasteiger partial charge in [-0.1, -0.05) is 36.4 Å². The zero-order valence-electron chi connectivity index (χ0n) is 15.8. The minimum atomic E-state index is -3.52. The van der Waals surface area contributed by atoms with Gasteiger partial charge in [-0.2, -0.15) is 11.8 Å². The van der Waals surface area contributed by atoms with Gasteiger partial charge in [0.15, 0.2) is 0 Å². The fraction of sp³-hybridized carbons (Fsp3) is 0.350. The summed E-state index contributed by atoms with van der Waals surface area (Å²) in [5, 5.41) is 2.81. The number of rotatable bonds is 11. The Labute approximate surface area is 170 Å². The first-order valence-corrected chi connectivity index (χ1v) is 11.6. The van der Waals surface area contributed by atoms with E-state index >= 15 is 0 Å².